The highest BCUT2D eigenvalue weighted by molar-refractivity contribution is 5.75. The van der Waals surface area contributed by atoms with Crippen LogP contribution in [0.5, 0.6) is 11.5 Å². The molecule has 0 aliphatic carbocycles. The monoisotopic (exact) mass is 278 g/mol. The lowest BCUT2D eigenvalue weighted by Gasteiger charge is -2.20. The molecule has 2 rings (SSSR count). The number of phenolic OH excluding ortho intramolecular Hbond substituents is 1. The average Bonchev–Trinajstić information content (AvgIpc) is 2.72. The molecular formula is C15H22N2O3. The third kappa shape index (κ3) is 3.35. The lowest BCUT2D eigenvalue weighted by atomic mass is 10.2. The molecule has 0 saturated carbocycles. The smallest absolute Gasteiger partial charge is 0.219 e. The molecule has 0 aromatic heterocycles. The highest BCUT2D eigenvalue weighted by atomic mass is 16.5. The summed E-state index contributed by atoms with van der Waals surface area (Å²) >= 11 is 0. The number of hydrogen-bond donors (Lipinski definition) is 2. The number of nitrogens with zero attached hydrogens (tertiary/aromatic N) is 1. The number of ether oxygens (including phenoxy) is 1. The van der Waals surface area contributed by atoms with Crippen molar-refractivity contribution < 1.29 is 14.6 Å². The summed E-state index contributed by atoms with van der Waals surface area (Å²) in [5.74, 6) is 0.989. The molecule has 110 valence electrons. The van der Waals surface area contributed by atoms with E-state index >= 15 is 0 Å². The molecule has 0 radical (unpaired) electrons. The molecule has 0 bridgehead atoms. The maximum atomic E-state index is 11.5. The van der Waals surface area contributed by atoms with Crippen molar-refractivity contribution in [2.75, 3.05) is 18.5 Å². The number of rotatable bonds is 6. The van der Waals surface area contributed by atoms with Crippen LogP contribution in [0.1, 0.15) is 32.6 Å². The van der Waals surface area contributed by atoms with Crippen molar-refractivity contribution >= 4 is 11.6 Å². The predicted octanol–water partition coefficient (Wildman–Crippen LogP) is 2.24. The predicted molar refractivity (Wildman–Crippen MR) is 78.1 cm³/mol. The first-order valence-corrected chi connectivity index (χ1v) is 7.11. The second-order valence-electron chi connectivity index (χ2n) is 5.08. The summed E-state index contributed by atoms with van der Waals surface area (Å²) < 4.78 is 5.78. The van der Waals surface area contributed by atoms with Gasteiger partial charge in [-0.1, -0.05) is 13.3 Å². The minimum absolute atomic E-state index is 0.0988. The number of hydrogen-bond acceptors (Lipinski definition) is 4. The van der Waals surface area contributed by atoms with E-state index in [0.717, 1.165) is 18.5 Å². The molecule has 5 heteroatoms. The van der Waals surface area contributed by atoms with Gasteiger partial charge in [0.2, 0.25) is 5.91 Å². The first kappa shape index (κ1) is 14.5. The Morgan fingerprint density at radius 2 is 2.30 bits per heavy atom. The Morgan fingerprint density at radius 3 is 3.05 bits per heavy atom. The number of carbonyl (C=O) groups excluding carboxylic acids is 1. The summed E-state index contributed by atoms with van der Waals surface area (Å²) in [6.07, 6.45) is 3.16. The summed E-state index contributed by atoms with van der Waals surface area (Å²) in [4.78, 5) is 13.5. The van der Waals surface area contributed by atoms with Crippen molar-refractivity contribution in [2.45, 2.75) is 38.8 Å². The number of unbranched alkanes of at least 4 members (excludes halogenated alkanes) is 1. The Morgan fingerprint density at radius 1 is 1.50 bits per heavy atom. The molecule has 1 amide bonds. The van der Waals surface area contributed by atoms with Crippen molar-refractivity contribution in [1.29, 1.82) is 0 Å². The minimum Gasteiger partial charge on any atom is -0.508 e. The normalized spacial score (nSPS) is 16.7. The van der Waals surface area contributed by atoms with E-state index in [-0.39, 0.29) is 17.9 Å². The Hall–Kier alpha value is -1.91. The van der Waals surface area contributed by atoms with Crippen molar-refractivity contribution in [1.82, 2.24) is 5.32 Å². The zero-order valence-corrected chi connectivity index (χ0v) is 12.1. The number of anilines is 1. The Bertz CT molecular complexity index is 476. The van der Waals surface area contributed by atoms with Crippen molar-refractivity contribution in [3.05, 3.63) is 18.2 Å². The topological polar surface area (TPSA) is 61.8 Å². The summed E-state index contributed by atoms with van der Waals surface area (Å²) in [5.41, 5.74) is 0.963. The highest BCUT2D eigenvalue weighted by Crippen LogP contribution is 2.38. The Balaban J connectivity index is 1.80. The van der Waals surface area contributed by atoms with E-state index in [2.05, 4.69) is 12.2 Å². The fourth-order valence-corrected chi connectivity index (χ4v) is 2.28. The van der Waals surface area contributed by atoms with Gasteiger partial charge < -0.3 is 20.1 Å². The maximum absolute atomic E-state index is 11.5. The van der Waals surface area contributed by atoms with Crippen LogP contribution in [-0.2, 0) is 4.79 Å². The van der Waals surface area contributed by atoms with Crippen LogP contribution in [0.2, 0.25) is 0 Å². The summed E-state index contributed by atoms with van der Waals surface area (Å²) in [6, 6.07) is 5.10. The van der Waals surface area contributed by atoms with Crippen molar-refractivity contribution in [2.24, 2.45) is 0 Å². The molecule has 0 fully saturated rings. The maximum Gasteiger partial charge on any atom is 0.219 e. The first-order chi connectivity index (χ1) is 9.61. The molecule has 1 unspecified atom stereocenters. The van der Waals surface area contributed by atoms with Gasteiger partial charge in [-0.3, -0.25) is 4.79 Å². The van der Waals surface area contributed by atoms with E-state index < -0.39 is 0 Å². The third-order valence-corrected chi connectivity index (χ3v) is 3.49. The van der Waals surface area contributed by atoms with Gasteiger partial charge >= 0.3 is 0 Å². The zero-order valence-electron chi connectivity index (χ0n) is 12.1. The second kappa shape index (κ2) is 6.50. The van der Waals surface area contributed by atoms with Crippen LogP contribution in [-0.4, -0.2) is 30.8 Å². The summed E-state index contributed by atoms with van der Waals surface area (Å²) in [7, 11) is 1.95. The molecule has 0 saturated heterocycles. The van der Waals surface area contributed by atoms with E-state index in [1.165, 1.54) is 0 Å². The zero-order chi connectivity index (χ0) is 14.5. The summed E-state index contributed by atoms with van der Waals surface area (Å²) in [6.45, 7) is 2.67. The van der Waals surface area contributed by atoms with Gasteiger partial charge in [-0.15, -0.1) is 0 Å². The van der Waals surface area contributed by atoms with Crippen LogP contribution in [0.25, 0.3) is 0 Å². The molecule has 2 N–H and O–H groups in total. The average molecular weight is 278 g/mol. The van der Waals surface area contributed by atoms with Crippen LogP contribution in [0.15, 0.2) is 18.2 Å². The number of phenols is 1. The van der Waals surface area contributed by atoms with E-state index in [4.69, 9.17) is 4.74 Å². The number of benzene rings is 1. The third-order valence-electron chi connectivity index (χ3n) is 3.49. The van der Waals surface area contributed by atoms with E-state index in [1.54, 1.807) is 12.1 Å². The van der Waals surface area contributed by atoms with Gasteiger partial charge in [0.15, 0.2) is 6.23 Å². The lowest BCUT2D eigenvalue weighted by molar-refractivity contribution is -0.121. The van der Waals surface area contributed by atoms with E-state index in [1.807, 2.05) is 18.0 Å². The Labute approximate surface area is 119 Å². The molecule has 1 aromatic rings. The largest absolute Gasteiger partial charge is 0.508 e. The first-order valence-electron chi connectivity index (χ1n) is 7.11. The molecule has 0 spiro atoms. The van der Waals surface area contributed by atoms with Crippen molar-refractivity contribution in [3.8, 4) is 11.5 Å². The van der Waals surface area contributed by atoms with Gasteiger partial charge in [0.1, 0.15) is 11.5 Å². The molecule has 1 aliphatic heterocycles. The van der Waals surface area contributed by atoms with Gasteiger partial charge in [0.25, 0.3) is 0 Å². The fraction of sp³-hybridized carbons (Fsp3) is 0.533. The number of aromatic hydroxyl groups is 1. The van der Waals surface area contributed by atoms with Crippen LogP contribution in [0.3, 0.4) is 0 Å². The van der Waals surface area contributed by atoms with Crippen LogP contribution in [0, 0.1) is 0 Å². The van der Waals surface area contributed by atoms with Gasteiger partial charge in [-0.05, 0) is 18.6 Å². The number of amides is 1. The second-order valence-corrected chi connectivity index (χ2v) is 5.08. The molecule has 20 heavy (non-hydrogen) atoms. The fourth-order valence-electron chi connectivity index (χ4n) is 2.28. The van der Waals surface area contributed by atoms with E-state index in [0.29, 0.717) is 25.1 Å². The quantitative estimate of drug-likeness (QED) is 0.837. The van der Waals surface area contributed by atoms with Gasteiger partial charge in [0.05, 0.1) is 5.69 Å². The summed E-state index contributed by atoms with van der Waals surface area (Å²) in [5, 5.41) is 12.4. The van der Waals surface area contributed by atoms with Gasteiger partial charge in [0, 0.05) is 32.5 Å². The Kier molecular flexibility index (Phi) is 4.71. The number of nitrogens with one attached hydrogen (secondary N) is 1. The van der Waals surface area contributed by atoms with Crippen LogP contribution < -0.4 is 15.0 Å². The minimum atomic E-state index is -0.0988. The van der Waals surface area contributed by atoms with E-state index in [9.17, 15) is 9.90 Å². The van der Waals surface area contributed by atoms with Crippen LogP contribution >= 0.6 is 0 Å². The number of carbonyl (C=O) groups is 1. The van der Waals surface area contributed by atoms with Gasteiger partial charge in [-0.2, -0.15) is 0 Å². The molecule has 1 aromatic carbocycles. The molecule has 1 aliphatic rings. The highest BCUT2D eigenvalue weighted by Gasteiger charge is 2.27. The molecule has 5 nitrogen and oxygen atoms in total. The van der Waals surface area contributed by atoms with Gasteiger partial charge in [-0.25, -0.2) is 0 Å². The number of fused-ring (bicyclic) bond motifs is 1. The van der Waals surface area contributed by atoms with Crippen LogP contribution in [0.4, 0.5) is 5.69 Å². The standard InChI is InChI=1S/C15H22N2O3/c1-3-4-5-14(19)16-9-8-15-17(2)12-7-6-11(18)10-13(12)20-15/h6-7,10,15,18H,3-5,8-9H2,1-2H3,(H,16,19). The molecule has 1 atom stereocenters. The molecule has 1 heterocycles. The lowest BCUT2D eigenvalue weighted by Crippen LogP contribution is -2.35. The SMILES string of the molecule is CCCCC(=O)NCCC1Oc2cc(O)ccc2N1C. The molecular weight excluding hydrogens is 256 g/mol. The van der Waals surface area contributed by atoms with Crippen molar-refractivity contribution in [3.63, 3.8) is 0 Å².